The largest absolute Gasteiger partial charge is 0.405 e. The van der Waals surface area contributed by atoms with E-state index in [2.05, 4.69) is 139 Å². The van der Waals surface area contributed by atoms with E-state index in [-0.39, 0.29) is 47.7 Å². The molecule has 6 nitrogen and oxygen atoms in total. The number of hydrogen-bond acceptors (Lipinski definition) is 6. The van der Waals surface area contributed by atoms with E-state index in [1.807, 2.05) is 24.3 Å². The van der Waals surface area contributed by atoms with Gasteiger partial charge in [-0.2, -0.15) is 0 Å². The molecule has 278 valence electrons. The molecule has 0 aromatic heterocycles. The molecule has 2 N–H and O–H groups in total. The first-order valence-electron chi connectivity index (χ1n) is 19.0. The summed E-state index contributed by atoms with van der Waals surface area (Å²) in [5.74, 6) is 0. The predicted molar refractivity (Wildman–Crippen MR) is 215 cm³/mol. The molecular formula is C44H58O6Si2. The van der Waals surface area contributed by atoms with Crippen LogP contribution < -0.4 is 20.7 Å². The highest BCUT2D eigenvalue weighted by Gasteiger charge is 2.52. The van der Waals surface area contributed by atoms with Crippen molar-refractivity contribution in [3.63, 3.8) is 0 Å². The SMILES string of the molecule is CC(C)(C)[Si](OC[C@H](O)[C@H]1CC[C@H]([C@H]2CC[C@H]([C@@H](O)CO[Si](c3ccccc3)(c3ccccc3)C(C)(C)C)O2)O1)(c1ccccc1)c1ccccc1. The fourth-order valence-electron chi connectivity index (χ4n) is 8.65. The summed E-state index contributed by atoms with van der Waals surface area (Å²) >= 11 is 0. The van der Waals surface area contributed by atoms with E-state index in [0.29, 0.717) is 0 Å². The Morgan fingerprint density at radius 1 is 0.500 bits per heavy atom. The van der Waals surface area contributed by atoms with Crippen LogP contribution in [-0.2, 0) is 18.3 Å². The van der Waals surface area contributed by atoms with Gasteiger partial charge in [0.05, 0.1) is 37.6 Å². The third-order valence-corrected chi connectivity index (χ3v) is 21.2. The normalized spacial score (nSPS) is 22.7. The zero-order valence-electron chi connectivity index (χ0n) is 31.8. The van der Waals surface area contributed by atoms with Crippen molar-refractivity contribution in [3.8, 4) is 0 Å². The lowest BCUT2D eigenvalue weighted by atomic mass is 10.0. The molecule has 2 saturated heterocycles. The number of benzene rings is 4. The Balaban J connectivity index is 1.09. The molecule has 0 saturated carbocycles. The Labute approximate surface area is 313 Å². The molecular weight excluding hydrogens is 681 g/mol. The molecule has 4 aromatic rings. The van der Waals surface area contributed by atoms with Crippen LogP contribution in [0.4, 0.5) is 0 Å². The Morgan fingerprint density at radius 3 is 1.02 bits per heavy atom. The summed E-state index contributed by atoms with van der Waals surface area (Å²) in [4.78, 5) is 0. The van der Waals surface area contributed by atoms with Crippen molar-refractivity contribution in [1.82, 2.24) is 0 Å². The van der Waals surface area contributed by atoms with Crippen LogP contribution in [-0.4, -0.2) is 76.7 Å². The molecule has 6 atom stereocenters. The maximum atomic E-state index is 11.6. The molecule has 0 unspecified atom stereocenters. The van der Waals surface area contributed by atoms with Crippen molar-refractivity contribution >= 4 is 37.4 Å². The maximum absolute atomic E-state index is 11.6. The highest BCUT2D eigenvalue weighted by molar-refractivity contribution is 7.00. The fourth-order valence-corrected chi connectivity index (χ4v) is 17.8. The molecule has 2 heterocycles. The van der Waals surface area contributed by atoms with Crippen LogP contribution in [0, 0.1) is 0 Å². The van der Waals surface area contributed by atoms with E-state index >= 15 is 0 Å². The second-order valence-electron chi connectivity index (χ2n) is 16.7. The second kappa shape index (κ2) is 16.2. The third-order valence-electron chi connectivity index (χ3n) is 11.2. The summed E-state index contributed by atoms with van der Waals surface area (Å²) in [7, 11) is -5.56. The van der Waals surface area contributed by atoms with Gasteiger partial charge in [0.25, 0.3) is 16.6 Å². The number of aliphatic hydroxyl groups is 2. The minimum atomic E-state index is -2.78. The van der Waals surface area contributed by atoms with E-state index < -0.39 is 28.8 Å². The molecule has 0 aliphatic carbocycles. The second-order valence-corrected chi connectivity index (χ2v) is 25.3. The quantitative estimate of drug-likeness (QED) is 0.165. The highest BCUT2D eigenvalue weighted by Crippen LogP contribution is 2.39. The van der Waals surface area contributed by atoms with Gasteiger partial charge in [-0.1, -0.05) is 163 Å². The van der Waals surface area contributed by atoms with Gasteiger partial charge < -0.3 is 28.5 Å². The Kier molecular flexibility index (Phi) is 12.1. The van der Waals surface area contributed by atoms with Crippen LogP contribution in [0.3, 0.4) is 0 Å². The lowest BCUT2D eigenvalue weighted by Crippen LogP contribution is -2.67. The molecule has 2 aliphatic rings. The molecule has 0 bridgehead atoms. The number of aliphatic hydroxyl groups excluding tert-OH is 2. The minimum absolute atomic E-state index is 0.137. The van der Waals surface area contributed by atoms with Crippen LogP contribution in [0.1, 0.15) is 67.2 Å². The summed E-state index contributed by atoms with van der Waals surface area (Å²) in [6.07, 6.45) is 0.580. The number of hydrogen-bond donors (Lipinski definition) is 2. The monoisotopic (exact) mass is 738 g/mol. The van der Waals surface area contributed by atoms with Crippen LogP contribution in [0.25, 0.3) is 0 Å². The van der Waals surface area contributed by atoms with E-state index in [9.17, 15) is 10.2 Å². The lowest BCUT2D eigenvalue weighted by molar-refractivity contribution is -0.116. The first-order chi connectivity index (χ1) is 24.9. The molecule has 2 aliphatic heterocycles. The van der Waals surface area contributed by atoms with Crippen molar-refractivity contribution in [2.45, 2.75) is 114 Å². The van der Waals surface area contributed by atoms with Crippen LogP contribution in [0.15, 0.2) is 121 Å². The zero-order valence-corrected chi connectivity index (χ0v) is 33.8. The molecule has 2 fully saturated rings. The van der Waals surface area contributed by atoms with Crippen molar-refractivity contribution in [2.24, 2.45) is 0 Å². The van der Waals surface area contributed by atoms with E-state index in [1.165, 1.54) is 20.7 Å². The molecule has 0 spiro atoms. The first kappa shape index (κ1) is 38.8. The van der Waals surface area contributed by atoms with Gasteiger partial charge in [-0.3, -0.25) is 0 Å². The highest BCUT2D eigenvalue weighted by atomic mass is 28.4. The van der Waals surface area contributed by atoms with Crippen LogP contribution >= 0.6 is 0 Å². The van der Waals surface area contributed by atoms with Gasteiger partial charge in [0.2, 0.25) is 0 Å². The van der Waals surface area contributed by atoms with Crippen molar-refractivity contribution < 1.29 is 28.5 Å². The van der Waals surface area contributed by atoms with E-state index in [0.717, 1.165) is 25.7 Å². The van der Waals surface area contributed by atoms with Crippen LogP contribution in [0.5, 0.6) is 0 Å². The molecule has 6 rings (SSSR count). The van der Waals surface area contributed by atoms with Gasteiger partial charge in [0.15, 0.2) is 0 Å². The Bertz CT molecular complexity index is 1470. The van der Waals surface area contributed by atoms with Crippen molar-refractivity contribution in [2.75, 3.05) is 13.2 Å². The van der Waals surface area contributed by atoms with Gasteiger partial charge in [-0.15, -0.1) is 0 Å². The number of ether oxygens (including phenoxy) is 2. The van der Waals surface area contributed by atoms with Gasteiger partial charge in [0, 0.05) is 0 Å². The average molecular weight is 739 g/mol. The Hall–Kier alpha value is -2.93. The van der Waals surface area contributed by atoms with Crippen molar-refractivity contribution in [3.05, 3.63) is 121 Å². The molecule has 8 heteroatoms. The lowest BCUT2D eigenvalue weighted by Gasteiger charge is -2.43. The number of rotatable bonds is 13. The summed E-state index contributed by atoms with van der Waals surface area (Å²) in [6, 6.07) is 42.1. The third kappa shape index (κ3) is 7.82. The topological polar surface area (TPSA) is 77.4 Å². The summed E-state index contributed by atoms with van der Waals surface area (Å²) in [6.45, 7) is 13.9. The minimum Gasteiger partial charge on any atom is -0.405 e. The van der Waals surface area contributed by atoms with Gasteiger partial charge >= 0.3 is 0 Å². The summed E-state index contributed by atoms with van der Waals surface area (Å²) in [5, 5.41) is 27.5. The molecule has 0 radical (unpaired) electrons. The maximum Gasteiger partial charge on any atom is 0.261 e. The fraction of sp³-hybridized carbons (Fsp3) is 0.455. The van der Waals surface area contributed by atoms with E-state index in [1.54, 1.807) is 0 Å². The van der Waals surface area contributed by atoms with Gasteiger partial charge in [0.1, 0.15) is 12.2 Å². The summed E-state index contributed by atoms with van der Waals surface area (Å²) in [5.41, 5.74) is 0. The predicted octanol–water partition coefficient (Wildman–Crippen LogP) is 5.96. The van der Waals surface area contributed by atoms with E-state index in [4.69, 9.17) is 18.3 Å². The average Bonchev–Trinajstić information content (AvgIpc) is 3.84. The Morgan fingerprint density at radius 2 is 0.769 bits per heavy atom. The van der Waals surface area contributed by atoms with Gasteiger partial charge in [-0.25, -0.2) is 0 Å². The molecule has 52 heavy (non-hydrogen) atoms. The molecule has 4 aromatic carbocycles. The summed E-state index contributed by atoms with van der Waals surface area (Å²) < 4.78 is 27.1. The zero-order chi connectivity index (χ0) is 37.0. The van der Waals surface area contributed by atoms with Crippen molar-refractivity contribution in [1.29, 1.82) is 0 Å². The molecule has 0 amide bonds. The first-order valence-corrected chi connectivity index (χ1v) is 22.9. The van der Waals surface area contributed by atoms with Gasteiger partial charge in [-0.05, 0) is 56.5 Å². The smallest absolute Gasteiger partial charge is 0.261 e. The van der Waals surface area contributed by atoms with Crippen LogP contribution in [0.2, 0.25) is 10.1 Å². The standard InChI is InChI=1S/C44H58O6Si2/c1-43(2,3)51(33-19-11-7-12-20-33,34-21-13-8-14-22-34)47-31-37(45)39-27-29-41(49-39)42-30-28-40(50-42)38(46)32-48-52(44(4,5)6,35-23-15-9-16-24-35)36-25-17-10-18-26-36/h7-26,37-42,45-46H,27-32H2,1-6H3/t37-,38-,39+,40+,41+,42+/m0/s1.